The number of ether oxygens (including phenoxy) is 2. The molecule has 2 heterocycles. The van der Waals surface area contributed by atoms with Crippen molar-refractivity contribution < 1.29 is 18.7 Å². The summed E-state index contributed by atoms with van der Waals surface area (Å²) in [6, 6.07) is 12.0. The van der Waals surface area contributed by atoms with Crippen LogP contribution in [0, 0.1) is 0 Å². The molecule has 0 fully saturated rings. The van der Waals surface area contributed by atoms with Gasteiger partial charge in [0.05, 0.1) is 39.9 Å². The van der Waals surface area contributed by atoms with Gasteiger partial charge in [-0.2, -0.15) is 0 Å². The topological polar surface area (TPSA) is 96.5 Å². The van der Waals surface area contributed by atoms with E-state index in [1.165, 1.54) is 18.9 Å². The number of benzene rings is 2. The van der Waals surface area contributed by atoms with Crippen LogP contribution >= 0.6 is 23.4 Å². The van der Waals surface area contributed by atoms with Crippen LogP contribution in [0.4, 0.5) is 0 Å². The van der Waals surface area contributed by atoms with Gasteiger partial charge in [-0.1, -0.05) is 35.5 Å². The summed E-state index contributed by atoms with van der Waals surface area (Å²) in [6.07, 6.45) is 2.22. The number of nitrogens with zero attached hydrogens (tertiary/aromatic N) is 3. The van der Waals surface area contributed by atoms with E-state index in [2.05, 4.69) is 9.97 Å². The average Bonchev–Trinajstić information content (AvgIpc) is 3.32. The van der Waals surface area contributed by atoms with E-state index in [1.54, 1.807) is 42.2 Å². The molecule has 0 bridgehead atoms. The van der Waals surface area contributed by atoms with E-state index >= 15 is 0 Å². The molecule has 0 atom stereocenters. The Balaban J connectivity index is 1.65. The molecule has 4 aromatic rings. The van der Waals surface area contributed by atoms with E-state index < -0.39 is 5.97 Å². The predicted octanol–water partition coefficient (Wildman–Crippen LogP) is 4.82. The molecule has 10 heteroatoms. The number of halogens is 1. The lowest BCUT2D eigenvalue weighted by Crippen LogP contribution is -2.24. The number of fused-ring (bicyclic) bond motifs is 1. The van der Waals surface area contributed by atoms with Gasteiger partial charge in [0.1, 0.15) is 6.26 Å². The maximum Gasteiger partial charge on any atom is 0.337 e. The summed E-state index contributed by atoms with van der Waals surface area (Å²) in [4.78, 5) is 34.4. The molecule has 0 saturated carbocycles. The van der Waals surface area contributed by atoms with E-state index in [4.69, 9.17) is 25.5 Å². The van der Waals surface area contributed by atoms with Crippen LogP contribution < -0.4 is 5.56 Å². The summed E-state index contributed by atoms with van der Waals surface area (Å²) >= 11 is 7.60. The van der Waals surface area contributed by atoms with Gasteiger partial charge in [0.15, 0.2) is 5.16 Å². The monoisotopic (exact) mass is 499 g/mol. The maximum atomic E-state index is 13.2. The molecular weight excluding hydrogens is 478 g/mol. The second kappa shape index (κ2) is 10.9. The number of oxazole rings is 1. The Morgan fingerprint density at radius 1 is 1.18 bits per heavy atom. The van der Waals surface area contributed by atoms with Gasteiger partial charge in [-0.25, -0.2) is 14.8 Å². The van der Waals surface area contributed by atoms with Gasteiger partial charge in [0.2, 0.25) is 5.89 Å². The molecule has 0 N–H and O–H groups in total. The molecule has 0 amide bonds. The van der Waals surface area contributed by atoms with E-state index in [9.17, 15) is 9.59 Å². The summed E-state index contributed by atoms with van der Waals surface area (Å²) in [5.74, 6) is 0.358. The quantitative estimate of drug-likeness (QED) is 0.140. The zero-order valence-electron chi connectivity index (χ0n) is 18.6. The predicted molar refractivity (Wildman–Crippen MR) is 130 cm³/mol. The molecule has 34 heavy (non-hydrogen) atoms. The van der Waals surface area contributed by atoms with E-state index in [-0.39, 0.29) is 5.56 Å². The molecule has 176 valence electrons. The Labute approximate surface area is 204 Å². The largest absolute Gasteiger partial charge is 0.465 e. The number of carbonyl (C=O) groups excluding carboxylic acids is 1. The van der Waals surface area contributed by atoms with E-state index in [0.29, 0.717) is 69.1 Å². The molecule has 0 spiro atoms. The maximum absolute atomic E-state index is 13.2. The number of thioether (sulfide) groups is 1. The summed E-state index contributed by atoms with van der Waals surface area (Å²) in [6.45, 7) is 0.959. The number of rotatable bonds is 9. The Hall–Kier alpha value is -3.14. The molecule has 0 aliphatic heterocycles. The van der Waals surface area contributed by atoms with Crippen molar-refractivity contribution in [3.63, 3.8) is 0 Å². The lowest BCUT2D eigenvalue weighted by atomic mass is 10.1. The third kappa shape index (κ3) is 5.16. The number of methoxy groups -OCH3 is 2. The number of hydrogen-bond acceptors (Lipinski definition) is 8. The van der Waals surface area contributed by atoms with Gasteiger partial charge in [-0.3, -0.25) is 9.36 Å². The minimum atomic E-state index is -0.489. The zero-order chi connectivity index (χ0) is 24.1. The van der Waals surface area contributed by atoms with Gasteiger partial charge < -0.3 is 13.9 Å². The van der Waals surface area contributed by atoms with Crippen molar-refractivity contribution >= 4 is 40.2 Å². The van der Waals surface area contributed by atoms with Crippen molar-refractivity contribution in [3.8, 4) is 11.5 Å². The Kier molecular flexibility index (Phi) is 7.66. The fraction of sp³-hybridized carbons (Fsp3) is 0.250. The van der Waals surface area contributed by atoms with Crippen LogP contribution in [0.5, 0.6) is 0 Å². The molecule has 0 unspecified atom stereocenters. The Morgan fingerprint density at radius 3 is 2.76 bits per heavy atom. The van der Waals surface area contributed by atoms with Crippen LogP contribution in [-0.4, -0.2) is 41.3 Å². The molecule has 0 saturated heterocycles. The minimum absolute atomic E-state index is 0.183. The molecule has 4 rings (SSSR count). The number of esters is 1. The fourth-order valence-electron chi connectivity index (χ4n) is 3.39. The van der Waals surface area contributed by atoms with Crippen LogP contribution in [0.2, 0.25) is 5.02 Å². The number of hydrogen-bond donors (Lipinski definition) is 0. The van der Waals surface area contributed by atoms with Crippen molar-refractivity contribution in [2.45, 2.75) is 23.9 Å². The van der Waals surface area contributed by atoms with Crippen LogP contribution in [0.15, 0.2) is 63.1 Å². The third-order valence-electron chi connectivity index (χ3n) is 5.08. The highest BCUT2D eigenvalue weighted by Gasteiger charge is 2.16. The number of aromatic nitrogens is 3. The summed E-state index contributed by atoms with van der Waals surface area (Å²) in [7, 11) is 2.93. The van der Waals surface area contributed by atoms with Gasteiger partial charge >= 0.3 is 5.97 Å². The first-order valence-electron chi connectivity index (χ1n) is 10.5. The highest BCUT2D eigenvalue weighted by atomic mass is 35.5. The SMILES string of the molecule is COCCCn1c(SCc2coc(-c3ccccc3Cl)n2)nc2cc(C(=O)OC)ccc2c1=O. The first kappa shape index (κ1) is 24.0. The highest BCUT2D eigenvalue weighted by molar-refractivity contribution is 7.98. The lowest BCUT2D eigenvalue weighted by molar-refractivity contribution is 0.0601. The van der Waals surface area contributed by atoms with Crippen molar-refractivity contribution in [1.82, 2.24) is 14.5 Å². The molecule has 0 radical (unpaired) electrons. The van der Waals surface area contributed by atoms with Crippen molar-refractivity contribution in [3.05, 3.63) is 75.4 Å². The Morgan fingerprint density at radius 2 is 2.00 bits per heavy atom. The minimum Gasteiger partial charge on any atom is -0.465 e. The third-order valence-corrected chi connectivity index (χ3v) is 6.42. The van der Waals surface area contributed by atoms with Gasteiger partial charge in [0, 0.05) is 26.0 Å². The van der Waals surface area contributed by atoms with Crippen molar-refractivity contribution in [2.75, 3.05) is 20.8 Å². The highest BCUT2D eigenvalue weighted by Crippen LogP contribution is 2.29. The van der Waals surface area contributed by atoms with Crippen molar-refractivity contribution in [2.24, 2.45) is 0 Å². The van der Waals surface area contributed by atoms with Gasteiger partial charge in [-0.15, -0.1) is 0 Å². The van der Waals surface area contributed by atoms with E-state index in [0.717, 1.165) is 0 Å². The van der Waals surface area contributed by atoms with Crippen LogP contribution in [-0.2, 0) is 21.8 Å². The second-order valence-electron chi connectivity index (χ2n) is 7.33. The van der Waals surface area contributed by atoms with Gasteiger partial charge in [-0.05, 0) is 36.8 Å². The lowest BCUT2D eigenvalue weighted by Gasteiger charge is -2.13. The summed E-state index contributed by atoms with van der Waals surface area (Å²) in [5, 5.41) is 1.49. The Bertz CT molecular complexity index is 1380. The van der Waals surface area contributed by atoms with Crippen molar-refractivity contribution in [1.29, 1.82) is 0 Å². The van der Waals surface area contributed by atoms with Crippen LogP contribution in [0.3, 0.4) is 0 Å². The second-order valence-corrected chi connectivity index (χ2v) is 8.68. The van der Waals surface area contributed by atoms with Crippen LogP contribution in [0.25, 0.3) is 22.4 Å². The molecule has 2 aromatic heterocycles. The molecule has 0 aliphatic rings. The van der Waals surface area contributed by atoms with Gasteiger partial charge in [0.25, 0.3) is 5.56 Å². The average molecular weight is 500 g/mol. The normalized spacial score (nSPS) is 11.1. The number of carbonyl (C=O) groups is 1. The van der Waals surface area contributed by atoms with E-state index in [1.807, 2.05) is 18.2 Å². The zero-order valence-corrected chi connectivity index (χ0v) is 20.2. The summed E-state index contributed by atoms with van der Waals surface area (Å²) in [5.41, 5.74) is 1.96. The smallest absolute Gasteiger partial charge is 0.337 e. The molecule has 2 aromatic carbocycles. The first-order chi connectivity index (χ1) is 16.5. The summed E-state index contributed by atoms with van der Waals surface area (Å²) < 4.78 is 17.2. The molecule has 8 nitrogen and oxygen atoms in total. The van der Waals surface area contributed by atoms with Crippen LogP contribution in [0.1, 0.15) is 22.5 Å². The standard InChI is InChI=1S/C24H22ClN3O5S/c1-31-11-5-10-28-22(29)18-9-8-15(23(30)32-2)12-20(18)27-24(28)34-14-16-13-33-21(26-16)17-6-3-4-7-19(17)25/h3-4,6-9,12-13H,5,10-11,14H2,1-2H3. The first-order valence-corrected chi connectivity index (χ1v) is 11.8. The fourth-order valence-corrected chi connectivity index (χ4v) is 4.51. The molecule has 0 aliphatic carbocycles. The molecular formula is C24H22ClN3O5S.